The van der Waals surface area contributed by atoms with Crippen molar-refractivity contribution in [2.45, 2.75) is 19.1 Å². The van der Waals surface area contributed by atoms with Gasteiger partial charge in [-0.05, 0) is 23.8 Å². The topological polar surface area (TPSA) is 71.7 Å². The fourth-order valence-corrected chi connectivity index (χ4v) is 3.61. The zero-order chi connectivity index (χ0) is 18.9. The minimum Gasteiger partial charge on any atom is -0.492 e. The number of carbonyl (C=O) groups is 1. The van der Waals surface area contributed by atoms with E-state index in [0.717, 1.165) is 29.1 Å². The van der Waals surface area contributed by atoms with Crippen LogP contribution in [0.25, 0.3) is 0 Å². The van der Waals surface area contributed by atoms with Gasteiger partial charge in [-0.3, -0.25) is 10.1 Å². The van der Waals surface area contributed by atoms with Gasteiger partial charge in [-0.15, -0.1) is 0 Å². The molecule has 1 atom stereocenters. The Morgan fingerprint density at radius 1 is 1.18 bits per heavy atom. The van der Waals surface area contributed by atoms with Gasteiger partial charge >= 0.3 is 0 Å². The SMILES string of the molecule is O=C1NC2=Nc3ccc(OCCn4ccnc4)cc3CN2C1c1ccccc1. The Morgan fingerprint density at radius 3 is 2.89 bits per heavy atom. The molecule has 0 spiro atoms. The van der Waals surface area contributed by atoms with E-state index in [-0.39, 0.29) is 11.9 Å². The summed E-state index contributed by atoms with van der Waals surface area (Å²) in [5.41, 5.74) is 2.87. The Hall–Kier alpha value is -3.61. The van der Waals surface area contributed by atoms with Crippen LogP contribution in [-0.2, 0) is 17.9 Å². The maximum atomic E-state index is 12.5. The number of guanidine groups is 1. The number of nitrogens with zero attached hydrogens (tertiary/aromatic N) is 4. The number of rotatable bonds is 5. The molecule has 0 saturated carbocycles. The predicted molar refractivity (Wildman–Crippen MR) is 104 cm³/mol. The molecule has 7 nitrogen and oxygen atoms in total. The quantitative estimate of drug-likeness (QED) is 0.746. The van der Waals surface area contributed by atoms with Gasteiger partial charge in [0.05, 0.1) is 18.6 Å². The molecule has 140 valence electrons. The molecule has 1 aromatic heterocycles. The maximum absolute atomic E-state index is 12.5. The van der Waals surface area contributed by atoms with Crippen LogP contribution in [0.1, 0.15) is 17.2 Å². The second-order valence-corrected chi connectivity index (χ2v) is 6.81. The highest BCUT2D eigenvalue weighted by Gasteiger charge is 2.39. The van der Waals surface area contributed by atoms with Crippen LogP contribution in [0, 0.1) is 0 Å². The second kappa shape index (κ2) is 6.84. The third-order valence-electron chi connectivity index (χ3n) is 4.98. The summed E-state index contributed by atoms with van der Waals surface area (Å²) >= 11 is 0. The molecular formula is C21H19N5O2. The third-order valence-corrected chi connectivity index (χ3v) is 4.98. The smallest absolute Gasteiger partial charge is 0.254 e. The van der Waals surface area contributed by atoms with E-state index < -0.39 is 0 Å². The minimum absolute atomic E-state index is 0.0467. The molecule has 2 aliphatic heterocycles. The summed E-state index contributed by atoms with van der Waals surface area (Å²) in [7, 11) is 0. The Bertz CT molecular complexity index is 1030. The Kier molecular flexibility index (Phi) is 4.05. The molecule has 28 heavy (non-hydrogen) atoms. The molecule has 1 saturated heterocycles. The second-order valence-electron chi connectivity index (χ2n) is 6.81. The maximum Gasteiger partial charge on any atom is 0.254 e. The first kappa shape index (κ1) is 16.6. The first-order valence-electron chi connectivity index (χ1n) is 9.20. The van der Waals surface area contributed by atoms with Gasteiger partial charge in [0.1, 0.15) is 18.4 Å². The lowest BCUT2D eigenvalue weighted by molar-refractivity contribution is -0.121. The van der Waals surface area contributed by atoms with Crippen molar-refractivity contribution in [2.24, 2.45) is 4.99 Å². The predicted octanol–water partition coefficient (Wildman–Crippen LogP) is 2.64. The number of hydrogen-bond acceptors (Lipinski definition) is 5. The number of aromatic nitrogens is 2. The largest absolute Gasteiger partial charge is 0.492 e. The average Bonchev–Trinajstić information content (AvgIpc) is 3.33. The standard InChI is InChI=1S/C21H19N5O2/c27-20-19(15-4-2-1-3-5-15)26-13-16-12-17(6-7-18(16)23-21(26)24-20)28-11-10-25-9-8-22-14-25/h1-9,12,14,19H,10-11,13H2,(H,23,24,27). The van der Waals surface area contributed by atoms with Gasteiger partial charge < -0.3 is 14.2 Å². The summed E-state index contributed by atoms with van der Waals surface area (Å²) in [4.78, 5) is 23.2. The number of aliphatic imine (C=N–C) groups is 1. The molecule has 0 bridgehead atoms. The van der Waals surface area contributed by atoms with E-state index in [9.17, 15) is 4.79 Å². The van der Waals surface area contributed by atoms with Crippen LogP contribution in [0.2, 0.25) is 0 Å². The lowest BCUT2D eigenvalue weighted by Gasteiger charge is -2.28. The lowest BCUT2D eigenvalue weighted by Crippen LogP contribution is -2.33. The number of nitrogens with one attached hydrogen (secondary N) is 1. The summed E-state index contributed by atoms with van der Waals surface area (Å²) in [5.74, 6) is 1.36. The molecule has 2 aliphatic rings. The Labute approximate surface area is 162 Å². The van der Waals surface area contributed by atoms with Crippen molar-refractivity contribution >= 4 is 17.6 Å². The van der Waals surface area contributed by atoms with Gasteiger partial charge in [-0.2, -0.15) is 0 Å². The van der Waals surface area contributed by atoms with Crippen LogP contribution >= 0.6 is 0 Å². The Morgan fingerprint density at radius 2 is 2.07 bits per heavy atom. The third kappa shape index (κ3) is 3.00. The van der Waals surface area contributed by atoms with Crippen LogP contribution in [0.15, 0.2) is 72.2 Å². The fraction of sp³-hybridized carbons (Fsp3) is 0.190. The van der Waals surface area contributed by atoms with Crippen molar-refractivity contribution < 1.29 is 9.53 Å². The molecule has 1 fully saturated rings. The van der Waals surface area contributed by atoms with Crippen molar-refractivity contribution in [1.29, 1.82) is 0 Å². The first-order chi connectivity index (χ1) is 13.8. The number of fused-ring (bicyclic) bond motifs is 2. The highest BCUT2D eigenvalue weighted by atomic mass is 16.5. The average molecular weight is 373 g/mol. The number of carbonyl (C=O) groups excluding carboxylic acids is 1. The van der Waals surface area contributed by atoms with E-state index in [1.807, 2.05) is 64.2 Å². The molecule has 0 radical (unpaired) electrons. The summed E-state index contributed by atoms with van der Waals surface area (Å²) in [6, 6.07) is 15.3. The summed E-state index contributed by atoms with van der Waals surface area (Å²) in [6.45, 7) is 1.89. The highest BCUT2D eigenvalue weighted by Crippen LogP contribution is 2.36. The van der Waals surface area contributed by atoms with Crippen LogP contribution in [-0.4, -0.2) is 32.9 Å². The van der Waals surface area contributed by atoms with Gasteiger partial charge in [0.25, 0.3) is 5.91 Å². The first-order valence-corrected chi connectivity index (χ1v) is 9.20. The van der Waals surface area contributed by atoms with Crippen molar-refractivity contribution in [3.05, 3.63) is 78.4 Å². The van der Waals surface area contributed by atoms with Crippen molar-refractivity contribution in [2.75, 3.05) is 6.61 Å². The zero-order valence-electron chi connectivity index (χ0n) is 15.2. The summed E-state index contributed by atoms with van der Waals surface area (Å²) in [6.07, 6.45) is 5.43. The van der Waals surface area contributed by atoms with E-state index in [4.69, 9.17) is 4.74 Å². The molecule has 3 aromatic rings. The van der Waals surface area contributed by atoms with Gasteiger partial charge in [0.15, 0.2) is 0 Å². The molecule has 0 aliphatic carbocycles. The van der Waals surface area contributed by atoms with E-state index in [2.05, 4.69) is 15.3 Å². The van der Waals surface area contributed by atoms with Gasteiger partial charge in [-0.1, -0.05) is 30.3 Å². The van der Waals surface area contributed by atoms with Crippen LogP contribution in [0.3, 0.4) is 0 Å². The molecule has 2 aromatic carbocycles. The lowest BCUT2D eigenvalue weighted by atomic mass is 10.0. The van der Waals surface area contributed by atoms with Gasteiger partial charge in [0, 0.05) is 24.5 Å². The summed E-state index contributed by atoms with van der Waals surface area (Å²) < 4.78 is 7.86. The normalized spacial score (nSPS) is 17.6. The molecule has 1 unspecified atom stereocenters. The molecular weight excluding hydrogens is 354 g/mol. The number of benzene rings is 2. The number of hydrogen-bond donors (Lipinski definition) is 1. The van der Waals surface area contributed by atoms with Gasteiger partial charge in [-0.25, -0.2) is 9.98 Å². The van der Waals surface area contributed by atoms with Crippen molar-refractivity contribution in [1.82, 2.24) is 19.8 Å². The molecule has 5 rings (SSSR count). The monoisotopic (exact) mass is 373 g/mol. The van der Waals surface area contributed by atoms with Gasteiger partial charge in [0.2, 0.25) is 5.96 Å². The van der Waals surface area contributed by atoms with E-state index in [1.54, 1.807) is 12.5 Å². The van der Waals surface area contributed by atoms with Crippen LogP contribution < -0.4 is 10.1 Å². The molecule has 1 N–H and O–H groups in total. The van der Waals surface area contributed by atoms with Crippen molar-refractivity contribution in [3.8, 4) is 5.75 Å². The molecule has 3 heterocycles. The molecule has 1 amide bonds. The van der Waals surface area contributed by atoms with Crippen LogP contribution in [0.4, 0.5) is 5.69 Å². The van der Waals surface area contributed by atoms with E-state index in [1.165, 1.54) is 0 Å². The highest BCUT2D eigenvalue weighted by molar-refractivity contribution is 6.08. The number of ether oxygens (including phenoxy) is 1. The fourth-order valence-electron chi connectivity index (χ4n) is 3.61. The van der Waals surface area contributed by atoms with E-state index >= 15 is 0 Å². The summed E-state index contributed by atoms with van der Waals surface area (Å²) in [5, 5.41) is 2.91. The molecule has 7 heteroatoms. The number of amides is 1. The minimum atomic E-state index is -0.362. The zero-order valence-corrected chi connectivity index (χ0v) is 15.2. The van der Waals surface area contributed by atoms with Crippen LogP contribution in [0.5, 0.6) is 5.75 Å². The van der Waals surface area contributed by atoms with Crippen molar-refractivity contribution in [3.63, 3.8) is 0 Å². The number of imidazole rings is 1. The van der Waals surface area contributed by atoms with E-state index in [0.29, 0.717) is 19.1 Å². The Balaban J connectivity index is 1.35.